The van der Waals surface area contributed by atoms with E-state index in [1.165, 1.54) is 6.07 Å². The molecule has 0 saturated heterocycles. The number of Topliss-reactive ketones (excluding diaryl/α,β-unsaturated/α-hetero) is 1. The van der Waals surface area contributed by atoms with Gasteiger partial charge in [0.2, 0.25) is 0 Å². The first kappa shape index (κ1) is 10.4. The lowest BCUT2D eigenvalue weighted by Gasteiger charge is -2.04. The van der Waals surface area contributed by atoms with E-state index in [0.29, 0.717) is 16.3 Å². The molecule has 0 radical (unpaired) electrons. The summed E-state index contributed by atoms with van der Waals surface area (Å²) >= 11 is 11.4. The molecular weight excluding hydrogens is 209 g/mol. The monoisotopic (exact) mass is 217 g/mol. The molecule has 1 rings (SSSR count). The van der Waals surface area contributed by atoms with Gasteiger partial charge in [-0.2, -0.15) is 0 Å². The predicted molar refractivity (Wildman–Crippen MR) is 55.5 cm³/mol. The SMILES string of the molecule is CC(Cl)C(=O)c1ccc(N)c(Cl)c1. The van der Waals surface area contributed by atoms with Crippen molar-refractivity contribution >= 4 is 34.7 Å². The van der Waals surface area contributed by atoms with Gasteiger partial charge in [-0.1, -0.05) is 11.6 Å². The molecule has 4 heteroatoms. The summed E-state index contributed by atoms with van der Waals surface area (Å²) < 4.78 is 0. The van der Waals surface area contributed by atoms with E-state index >= 15 is 0 Å². The highest BCUT2D eigenvalue weighted by Gasteiger charge is 2.12. The predicted octanol–water partition coefficient (Wildman–Crippen LogP) is 2.73. The van der Waals surface area contributed by atoms with Gasteiger partial charge in [-0.15, -0.1) is 11.6 Å². The Hall–Kier alpha value is -0.730. The molecule has 2 N–H and O–H groups in total. The van der Waals surface area contributed by atoms with Crippen molar-refractivity contribution in [3.63, 3.8) is 0 Å². The number of nitrogen functional groups attached to an aromatic ring is 1. The van der Waals surface area contributed by atoms with Crippen molar-refractivity contribution in [3.8, 4) is 0 Å². The molecule has 0 bridgehead atoms. The van der Waals surface area contributed by atoms with Crippen molar-refractivity contribution in [2.75, 3.05) is 5.73 Å². The Balaban J connectivity index is 3.04. The third-order valence-corrected chi connectivity index (χ3v) is 2.17. The summed E-state index contributed by atoms with van der Waals surface area (Å²) in [6, 6.07) is 4.73. The Morgan fingerprint density at radius 3 is 2.62 bits per heavy atom. The van der Waals surface area contributed by atoms with Crippen LogP contribution in [0.15, 0.2) is 18.2 Å². The Morgan fingerprint density at radius 1 is 1.54 bits per heavy atom. The summed E-state index contributed by atoms with van der Waals surface area (Å²) in [5, 5.41) is -0.164. The van der Waals surface area contributed by atoms with E-state index in [-0.39, 0.29) is 5.78 Å². The van der Waals surface area contributed by atoms with Crippen LogP contribution in [-0.4, -0.2) is 11.2 Å². The van der Waals surface area contributed by atoms with Gasteiger partial charge in [0.05, 0.1) is 16.1 Å². The topological polar surface area (TPSA) is 43.1 Å². The van der Waals surface area contributed by atoms with Crippen LogP contribution in [0.25, 0.3) is 0 Å². The molecule has 0 spiro atoms. The molecule has 2 nitrogen and oxygen atoms in total. The van der Waals surface area contributed by atoms with Crippen LogP contribution < -0.4 is 5.73 Å². The summed E-state index contributed by atoms with van der Waals surface area (Å²) in [5.41, 5.74) is 6.44. The number of ketones is 1. The van der Waals surface area contributed by atoms with Crippen LogP contribution in [0, 0.1) is 0 Å². The van der Waals surface area contributed by atoms with E-state index in [4.69, 9.17) is 28.9 Å². The molecule has 70 valence electrons. The second-order valence-electron chi connectivity index (χ2n) is 2.72. The number of carbonyl (C=O) groups excluding carboxylic acids is 1. The van der Waals surface area contributed by atoms with Gasteiger partial charge in [0.15, 0.2) is 5.78 Å². The van der Waals surface area contributed by atoms with E-state index in [1.807, 2.05) is 0 Å². The Labute approximate surface area is 86.6 Å². The average molecular weight is 218 g/mol. The standard InChI is InChI=1S/C9H9Cl2NO/c1-5(10)9(13)6-2-3-8(12)7(11)4-6/h2-5H,12H2,1H3. The lowest BCUT2D eigenvalue weighted by atomic mass is 10.1. The van der Waals surface area contributed by atoms with Crippen LogP contribution in [0.4, 0.5) is 5.69 Å². The number of carbonyl (C=O) groups is 1. The van der Waals surface area contributed by atoms with Gasteiger partial charge in [-0.25, -0.2) is 0 Å². The van der Waals surface area contributed by atoms with Crippen molar-refractivity contribution in [2.45, 2.75) is 12.3 Å². The van der Waals surface area contributed by atoms with Crippen molar-refractivity contribution in [1.82, 2.24) is 0 Å². The molecule has 1 atom stereocenters. The Bertz CT molecular complexity index is 336. The van der Waals surface area contributed by atoms with Gasteiger partial charge >= 0.3 is 0 Å². The third-order valence-electron chi connectivity index (χ3n) is 1.65. The van der Waals surface area contributed by atoms with E-state index in [0.717, 1.165) is 0 Å². The largest absolute Gasteiger partial charge is 0.398 e. The lowest BCUT2D eigenvalue weighted by Crippen LogP contribution is -2.10. The molecule has 0 aliphatic heterocycles. The maximum absolute atomic E-state index is 11.4. The summed E-state index contributed by atoms with van der Waals surface area (Å²) in [6.45, 7) is 1.62. The maximum atomic E-state index is 11.4. The van der Waals surface area contributed by atoms with Crippen molar-refractivity contribution in [2.24, 2.45) is 0 Å². The fourth-order valence-corrected chi connectivity index (χ4v) is 1.22. The zero-order chi connectivity index (χ0) is 10.0. The summed E-state index contributed by atoms with van der Waals surface area (Å²) in [5.74, 6) is -0.149. The van der Waals surface area contributed by atoms with Crippen LogP contribution in [0.1, 0.15) is 17.3 Å². The highest BCUT2D eigenvalue weighted by molar-refractivity contribution is 6.35. The van der Waals surface area contributed by atoms with Gasteiger partial charge in [-0.05, 0) is 25.1 Å². The molecule has 0 saturated carbocycles. The number of halogens is 2. The normalized spacial score (nSPS) is 12.5. The van der Waals surface area contributed by atoms with E-state index < -0.39 is 5.38 Å². The zero-order valence-corrected chi connectivity index (χ0v) is 8.56. The minimum Gasteiger partial charge on any atom is -0.398 e. The first-order valence-corrected chi connectivity index (χ1v) is 4.57. The zero-order valence-electron chi connectivity index (χ0n) is 7.05. The number of anilines is 1. The fraction of sp³-hybridized carbons (Fsp3) is 0.222. The number of alkyl halides is 1. The summed E-state index contributed by atoms with van der Waals surface area (Å²) in [4.78, 5) is 11.4. The first-order valence-electron chi connectivity index (χ1n) is 3.75. The molecule has 0 aliphatic carbocycles. The smallest absolute Gasteiger partial charge is 0.180 e. The second-order valence-corrected chi connectivity index (χ2v) is 3.78. The molecule has 1 aromatic rings. The van der Waals surface area contributed by atoms with Gasteiger partial charge in [0, 0.05) is 5.56 Å². The Morgan fingerprint density at radius 2 is 2.15 bits per heavy atom. The van der Waals surface area contributed by atoms with Crippen LogP contribution in [0.2, 0.25) is 5.02 Å². The third kappa shape index (κ3) is 2.36. The van der Waals surface area contributed by atoms with Crippen molar-refractivity contribution in [1.29, 1.82) is 0 Å². The van der Waals surface area contributed by atoms with E-state index in [2.05, 4.69) is 0 Å². The highest BCUT2D eigenvalue weighted by atomic mass is 35.5. The summed E-state index contributed by atoms with van der Waals surface area (Å²) in [7, 11) is 0. The molecule has 0 amide bonds. The molecule has 1 unspecified atom stereocenters. The van der Waals surface area contributed by atoms with E-state index in [9.17, 15) is 4.79 Å². The van der Waals surface area contributed by atoms with E-state index in [1.54, 1.807) is 19.1 Å². The van der Waals surface area contributed by atoms with Gasteiger partial charge in [-0.3, -0.25) is 4.79 Å². The minimum atomic E-state index is -0.542. The highest BCUT2D eigenvalue weighted by Crippen LogP contribution is 2.21. The molecule has 0 aliphatic rings. The molecule has 0 aromatic heterocycles. The number of hydrogen-bond acceptors (Lipinski definition) is 2. The fourth-order valence-electron chi connectivity index (χ4n) is 0.910. The molecular formula is C9H9Cl2NO. The molecule has 0 heterocycles. The van der Waals surface area contributed by atoms with Gasteiger partial charge < -0.3 is 5.73 Å². The number of rotatable bonds is 2. The number of hydrogen-bond donors (Lipinski definition) is 1. The number of benzene rings is 1. The molecule has 0 fully saturated rings. The summed E-state index contributed by atoms with van der Waals surface area (Å²) in [6.07, 6.45) is 0. The van der Waals surface area contributed by atoms with Crippen LogP contribution in [0.3, 0.4) is 0 Å². The average Bonchev–Trinajstić information content (AvgIpc) is 2.08. The van der Waals surface area contributed by atoms with Gasteiger partial charge in [0.25, 0.3) is 0 Å². The first-order chi connectivity index (χ1) is 6.02. The van der Waals surface area contributed by atoms with Crippen molar-refractivity contribution in [3.05, 3.63) is 28.8 Å². The van der Waals surface area contributed by atoms with Crippen molar-refractivity contribution < 1.29 is 4.79 Å². The van der Waals surface area contributed by atoms with Gasteiger partial charge in [0.1, 0.15) is 0 Å². The molecule has 13 heavy (non-hydrogen) atoms. The van der Waals surface area contributed by atoms with Crippen LogP contribution in [-0.2, 0) is 0 Å². The number of nitrogens with two attached hydrogens (primary N) is 1. The van der Waals surface area contributed by atoms with Crippen LogP contribution in [0.5, 0.6) is 0 Å². The van der Waals surface area contributed by atoms with Crippen LogP contribution >= 0.6 is 23.2 Å². The minimum absolute atomic E-state index is 0.149. The molecule has 1 aromatic carbocycles. The lowest BCUT2D eigenvalue weighted by molar-refractivity contribution is 0.0992. The second kappa shape index (κ2) is 3.99. The Kier molecular flexibility index (Phi) is 3.17. The maximum Gasteiger partial charge on any atom is 0.180 e. The quantitative estimate of drug-likeness (QED) is 0.471.